The van der Waals surface area contributed by atoms with Crippen LogP contribution < -0.4 is 4.80 Å². The maximum Gasteiger partial charge on any atom is 0.315 e. The van der Waals surface area contributed by atoms with E-state index in [1.807, 2.05) is 11.5 Å². The Hall–Kier alpha value is -2.21. The second-order valence-electron chi connectivity index (χ2n) is 4.14. The number of carbonyl (C=O) groups excluding carboxylic acids is 1. The zero-order chi connectivity index (χ0) is 14.1. The molecule has 0 radical (unpaired) electrons. The molecule has 6 heteroatoms. The topological polar surface area (TPSA) is 47.5 Å². The average molecular weight is 290 g/mol. The summed E-state index contributed by atoms with van der Waals surface area (Å²) in [4.78, 5) is 16.5. The van der Waals surface area contributed by atoms with Gasteiger partial charge in [0.1, 0.15) is 5.82 Å². The molecule has 0 aliphatic rings. The Morgan fingerprint density at radius 1 is 1.45 bits per heavy atom. The van der Waals surface area contributed by atoms with Gasteiger partial charge in [0.25, 0.3) is 0 Å². The fourth-order valence-corrected chi connectivity index (χ4v) is 3.10. The normalized spacial score (nSPS) is 12.2. The number of carbonyl (C=O) groups is 1. The number of hydrogen-bond acceptors (Lipinski definition) is 3. The predicted octanol–water partition coefficient (Wildman–Crippen LogP) is 3.20. The highest BCUT2D eigenvalue weighted by Gasteiger charge is 2.10. The molecule has 20 heavy (non-hydrogen) atoms. The quantitative estimate of drug-likeness (QED) is 0.727. The first-order valence-corrected chi connectivity index (χ1v) is 6.92. The lowest BCUT2D eigenvalue weighted by atomic mass is 10.3. The molecule has 0 saturated heterocycles. The van der Waals surface area contributed by atoms with Gasteiger partial charge in [-0.2, -0.15) is 4.99 Å². The Bertz CT molecular complexity index is 831. The number of halogens is 1. The standard InChI is InChI=1S/C14H11FN2O2S/c1-2-17-10-6-5-9(15)8-12(10)20-14(17)16-13(18)11-4-3-7-19-11/h3-8H,2H2,1H3. The number of benzene rings is 1. The third kappa shape index (κ3) is 2.18. The molecule has 0 aliphatic heterocycles. The maximum atomic E-state index is 13.3. The molecule has 0 N–H and O–H groups in total. The minimum atomic E-state index is -0.441. The van der Waals surface area contributed by atoms with Gasteiger partial charge in [0.15, 0.2) is 10.6 Å². The van der Waals surface area contributed by atoms with Crippen molar-refractivity contribution in [3.05, 3.63) is 53.0 Å². The number of rotatable bonds is 2. The number of aromatic nitrogens is 1. The van der Waals surface area contributed by atoms with Crippen LogP contribution in [0.25, 0.3) is 10.2 Å². The van der Waals surface area contributed by atoms with Gasteiger partial charge in [0, 0.05) is 6.54 Å². The van der Waals surface area contributed by atoms with E-state index in [2.05, 4.69) is 4.99 Å². The van der Waals surface area contributed by atoms with Gasteiger partial charge >= 0.3 is 5.91 Å². The van der Waals surface area contributed by atoms with Crippen molar-refractivity contribution in [1.82, 2.24) is 4.57 Å². The molecule has 0 spiro atoms. The largest absolute Gasteiger partial charge is 0.459 e. The van der Waals surface area contributed by atoms with E-state index in [1.54, 1.807) is 18.2 Å². The summed E-state index contributed by atoms with van der Waals surface area (Å²) in [6.07, 6.45) is 1.43. The van der Waals surface area contributed by atoms with Gasteiger partial charge in [0.05, 0.1) is 16.5 Å². The molecule has 0 atom stereocenters. The number of thiazole rings is 1. The first kappa shape index (κ1) is 12.8. The summed E-state index contributed by atoms with van der Waals surface area (Å²) in [6.45, 7) is 2.60. The van der Waals surface area contributed by atoms with Crippen LogP contribution in [0.3, 0.4) is 0 Å². The predicted molar refractivity (Wildman–Crippen MR) is 74.0 cm³/mol. The highest BCUT2D eigenvalue weighted by atomic mass is 32.1. The Morgan fingerprint density at radius 3 is 3.00 bits per heavy atom. The van der Waals surface area contributed by atoms with Crippen molar-refractivity contribution in [3.63, 3.8) is 0 Å². The molecular formula is C14H11FN2O2S. The monoisotopic (exact) mass is 290 g/mol. The Labute approximate surface area is 117 Å². The van der Waals surface area contributed by atoms with Crippen LogP contribution in [0.15, 0.2) is 46.0 Å². The van der Waals surface area contributed by atoms with Gasteiger partial charge in [-0.05, 0) is 37.3 Å². The van der Waals surface area contributed by atoms with Crippen molar-refractivity contribution in [2.45, 2.75) is 13.5 Å². The van der Waals surface area contributed by atoms with Crippen LogP contribution in [0.1, 0.15) is 17.5 Å². The minimum Gasteiger partial charge on any atom is -0.459 e. The SMILES string of the molecule is CCn1c(=NC(=O)c2ccco2)sc2cc(F)ccc21. The lowest BCUT2D eigenvalue weighted by Gasteiger charge is -1.99. The molecule has 0 aliphatic carbocycles. The molecule has 3 rings (SSSR count). The summed E-state index contributed by atoms with van der Waals surface area (Å²) < 4.78 is 20.9. The smallest absolute Gasteiger partial charge is 0.315 e. The summed E-state index contributed by atoms with van der Waals surface area (Å²) in [7, 11) is 0. The summed E-state index contributed by atoms with van der Waals surface area (Å²) in [6, 6.07) is 7.75. The van der Waals surface area contributed by atoms with E-state index in [1.165, 1.54) is 29.7 Å². The average Bonchev–Trinajstić information content (AvgIpc) is 3.04. The first-order chi connectivity index (χ1) is 9.69. The second kappa shape index (κ2) is 5.05. The Balaban J connectivity index is 2.18. The van der Waals surface area contributed by atoms with E-state index in [-0.39, 0.29) is 11.6 Å². The van der Waals surface area contributed by atoms with Gasteiger partial charge in [-0.25, -0.2) is 4.39 Å². The highest BCUT2D eigenvalue weighted by Crippen LogP contribution is 2.18. The fourth-order valence-electron chi connectivity index (χ4n) is 1.98. The van der Waals surface area contributed by atoms with Crippen LogP contribution in [-0.2, 0) is 6.54 Å². The van der Waals surface area contributed by atoms with Gasteiger partial charge < -0.3 is 8.98 Å². The Morgan fingerprint density at radius 2 is 2.30 bits per heavy atom. The van der Waals surface area contributed by atoms with E-state index < -0.39 is 5.91 Å². The van der Waals surface area contributed by atoms with E-state index in [0.29, 0.717) is 11.3 Å². The number of hydrogen-bond donors (Lipinski definition) is 0. The number of amides is 1. The van der Waals surface area contributed by atoms with Crippen molar-refractivity contribution >= 4 is 27.5 Å². The molecule has 2 heterocycles. The zero-order valence-electron chi connectivity index (χ0n) is 10.7. The van der Waals surface area contributed by atoms with Crippen molar-refractivity contribution in [1.29, 1.82) is 0 Å². The molecule has 1 aromatic carbocycles. The van der Waals surface area contributed by atoms with Gasteiger partial charge in [-0.1, -0.05) is 11.3 Å². The summed E-state index contributed by atoms with van der Waals surface area (Å²) >= 11 is 1.28. The summed E-state index contributed by atoms with van der Waals surface area (Å²) in [5, 5.41) is 0. The Kier molecular flexibility index (Phi) is 3.23. The van der Waals surface area contributed by atoms with Gasteiger partial charge in [0.2, 0.25) is 0 Å². The van der Waals surface area contributed by atoms with Crippen molar-refractivity contribution in [3.8, 4) is 0 Å². The van der Waals surface area contributed by atoms with Gasteiger partial charge in [-0.15, -0.1) is 0 Å². The lowest BCUT2D eigenvalue weighted by molar-refractivity contribution is 0.0971. The maximum absolute atomic E-state index is 13.3. The van der Waals surface area contributed by atoms with Crippen LogP contribution in [0.2, 0.25) is 0 Å². The summed E-state index contributed by atoms with van der Waals surface area (Å²) in [5.74, 6) is -0.550. The van der Waals surface area contributed by atoms with E-state index in [9.17, 15) is 9.18 Å². The van der Waals surface area contributed by atoms with E-state index >= 15 is 0 Å². The van der Waals surface area contributed by atoms with E-state index in [4.69, 9.17) is 4.42 Å². The van der Waals surface area contributed by atoms with Crippen LogP contribution >= 0.6 is 11.3 Å². The third-order valence-electron chi connectivity index (χ3n) is 2.89. The lowest BCUT2D eigenvalue weighted by Crippen LogP contribution is -2.15. The number of fused-ring (bicyclic) bond motifs is 1. The van der Waals surface area contributed by atoms with E-state index in [0.717, 1.165) is 10.2 Å². The van der Waals surface area contributed by atoms with Crippen molar-refractivity contribution in [2.24, 2.45) is 4.99 Å². The highest BCUT2D eigenvalue weighted by molar-refractivity contribution is 7.16. The molecule has 3 aromatic rings. The fraction of sp³-hybridized carbons (Fsp3) is 0.143. The number of nitrogens with zero attached hydrogens (tertiary/aromatic N) is 2. The molecule has 4 nitrogen and oxygen atoms in total. The van der Waals surface area contributed by atoms with Crippen molar-refractivity contribution < 1.29 is 13.6 Å². The molecule has 1 amide bonds. The zero-order valence-corrected chi connectivity index (χ0v) is 11.5. The van der Waals surface area contributed by atoms with Crippen LogP contribution in [-0.4, -0.2) is 10.5 Å². The minimum absolute atomic E-state index is 0.191. The van der Waals surface area contributed by atoms with Gasteiger partial charge in [-0.3, -0.25) is 4.79 Å². The van der Waals surface area contributed by atoms with Crippen LogP contribution in [0.5, 0.6) is 0 Å². The molecule has 0 fully saturated rings. The molecule has 0 bridgehead atoms. The van der Waals surface area contributed by atoms with Crippen LogP contribution in [0.4, 0.5) is 4.39 Å². The molecule has 102 valence electrons. The molecular weight excluding hydrogens is 279 g/mol. The molecule has 0 unspecified atom stereocenters. The first-order valence-electron chi connectivity index (χ1n) is 6.10. The number of furan rings is 1. The number of aryl methyl sites for hydroxylation is 1. The molecule has 0 saturated carbocycles. The second-order valence-corrected chi connectivity index (χ2v) is 5.14. The summed E-state index contributed by atoms with van der Waals surface area (Å²) in [5.41, 5.74) is 0.866. The van der Waals surface area contributed by atoms with Crippen LogP contribution in [0, 0.1) is 5.82 Å². The third-order valence-corrected chi connectivity index (χ3v) is 3.93. The van der Waals surface area contributed by atoms with Crippen molar-refractivity contribution in [2.75, 3.05) is 0 Å². The molecule has 2 aromatic heterocycles.